The first-order chi connectivity index (χ1) is 10.1. The van der Waals surface area contributed by atoms with Crippen LogP contribution in [0.1, 0.15) is 16.2 Å². The number of esters is 1. The van der Waals surface area contributed by atoms with Crippen molar-refractivity contribution >= 4 is 11.7 Å². The van der Waals surface area contributed by atoms with Gasteiger partial charge in [-0.1, -0.05) is 12.1 Å². The quantitative estimate of drug-likeness (QED) is 0.804. The number of aromatic nitrogens is 1. The zero-order valence-corrected chi connectivity index (χ0v) is 11.2. The number of carbonyl (C=O) groups is 1. The van der Waals surface area contributed by atoms with Gasteiger partial charge in [0.25, 0.3) is 0 Å². The molecule has 0 fully saturated rings. The topological polar surface area (TPSA) is 63.4 Å². The Bertz CT molecular complexity index is 614. The highest BCUT2D eigenvalue weighted by molar-refractivity contribution is 5.87. The van der Waals surface area contributed by atoms with Crippen LogP contribution in [0.25, 0.3) is 0 Å². The number of halogens is 2. The number of ether oxygens (including phenoxy) is 2. The van der Waals surface area contributed by atoms with Crippen LogP contribution in [0.3, 0.4) is 0 Å². The third-order valence-corrected chi connectivity index (χ3v) is 2.72. The van der Waals surface area contributed by atoms with Crippen LogP contribution in [0, 0.1) is 0 Å². The summed E-state index contributed by atoms with van der Waals surface area (Å²) in [5.41, 5.74) is 1.47. The van der Waals surface area contributed by atoms with E-state index in [9.17, 15) is 13.6 Å². The highest BCUT2D eigenvalue weighted by Crippen LogP contribution is 2.25. The molecule has 21 heavy (non-hydrogen) atoms. The second-order valence-electron chi connectivity index (χ2n) is 4.12. The Morgan fingerprint density at radius 2 is 2.05 bits per heavy atom. The lowest BCUT2D eigenvalue weighted by atomic mass is 10.3. The molecule has 0 saturated carbocycles. The van der Waals surface area contributed by atoms with Gasteiger partial charge in [0.15, 0.2) is 0 Å². The first-order valence-corrected chi connectivity index (χ1v) is 6.14. The van der Waals surface area contributed by atoms with Crippen LogP contribution in [0.5, 0.6) is 5.75 Å². The number of rotatable bonds is 6. The highest BCUT2D eigenvalue weighted by Gasteiger charge is 2.10. The summed E-state index contributed by atoms with van der Waals surface area (Å²) < 4.78 is 33.6. The summed E-state index contributed by atoms with van der Waals surface area (Å²) in [5, 5.41) is 2.96. The number of alkyl halides is 2. The summed E-state index contributed by atoms with van der Waals surface area (Å²) >= 11 is 0. The molecule has 2 rings (SSSR count). The predicted molar refractivity (Wildman–Crippen MR) is 72.5 cm³/mol. The van der Waals surface area contributed by atoms with E-state index in [1.807, 2.05) is 0 Å². The van der Waals surface area contributed by atoms with Crippen molar-refractivity contribution in [3.8, 4) is 5.75 Å². The highest BCUT2D eigenvalue weighted by atomic mass is 19.3. The fraction of sp³-hybridized carbons (Fsp3) is 0.214. The van der Waals surface area contributed by atoms with Crippen LogP contribution in [0.4, 0.5) is 14.5 Å². The molecule has 1 aromatic heterocycles. The maximum atomic E-state index is 12.3. The molecule has 2 aromatic rings. The minimum Gasteiger partial charge on any atom is -0.464 e. The summed E-state index contributed by atoms with van der Waals surface area (Å²) in [6.45, 7) is -2.56. The Balaban J connectivity index is 2.03. The van der Waals surface area contributed by atoms with E-state index in [1.165, 1.54) is 13.2 Å². The SMILES string of the molecule is COC(=O)c1ccc(CNc2ccccc2OC(F)F)[nH]1. The molecule has 1 aromatic carbocycles. The fourth-order valence-electron chi connectivity index (χ4n) is 1.77. The van der Waals surface area contributed by atoms with Gasteiger partial charge in [-0.15, -0.1) is 0 Å². The number of benzene rings is 1. The zero-order chi connectivity index (χ0) is 15.2. The standard InChI is InChI=1S/C14H14F2N2O3/c1-20-13(19)11-7-6-9(18-11)8-17-10-4-2-3-5-12(10)21-14(15)16/h2-7,14,17-18H,8H2,1H3. The molecule has 7 heteroatoms. The van der Waals surface area contributed by atoms with Crippen LogP contribution in [-0.2, 0) is 11.3 Å². The van der Waals surface area contributed by atoms with Crippen LogP contribution in [0.2, 0.25) is 0 Å². The number of methoxy groups -OCH3 is 1. The number of nitrogens with one attached hydrogen (secondary N) is 2. The second-order valence-corrected chi connectivity index (χ2v) is 4.12. The summed E-state index contributed by atoms with van der Waals surface area (Å²) in [6.07, 6.45) is 0. The van der Waals surface area contributed by atoms with Gasteiger partial charge >= 0.3 is 12.6 Å². The van der Waals surface area contributed by atoms with Crippen molar-refractivity contribution in [1.29, 1.82) is 0 Å². The average molecular weight is 296 g/mol. The summed E-state index contributed by atoms with van der Waals surface area (Å²) in [5.74, 6) is -0.407. The monoisotopic (exact) mass is 296 g/mol. The maximum Gasteiger partial charge on any atom is 0.387 e. The molecule has 0 aliphatic rings. The van der Waals surface area contributed by atoms with Gasteiger partial charge in [0.1, 0.15) is 11.4 Å². The molecular formula is C14H14F2N2O3. The molecule has 0 amide bonds. The molecule has 0 bridgehead atoms. The number of aromatic amines is 1. The van der Waals surface area contributed by atoms with E-state index < -0.39 is 12.6 Å². The molecule has 1 heterocycles. The molecule has 0 spiro atoms. The number of para-hydroxylation sites is 2. The van der Waals surface area contributed by atoms with Gasteiger partial charge in [-0.3, -0.25) is 0 Å². The molecule has 2 N–H and O–H groups in total. The van der Waals surface area contributed by atoms with Crippen molar-refractivity contribution in [1.82, 2.24) is 4.98 Å². The molecule has 0 unspecified atom stereocenters. The first kappa shape index (κ1) is 14.8. The maximum absolute atomic E-state index is 12.3. The van der Waals surface area contributed by atoms with Gasteiger partial charge in [0.05, 0.1) is 19.3 Å². The largest absolute Gasteiger partial charge is 0.464 e. The van der Waals surface area contributed by atoms with Crippen LogP contribution in [0.15, 0.2) is 36.4 Å². The van der Waals surface area contributed by atoms with Crippen LogP contribution >= 0.6 is 0 Å². The third-order valence-electron chi connectivity index (χ3n) is 2.72. The van der Waals surface area contributed by atoms with Gasteiger partial charge in [0.2, 0.25) is 0 Å². The molecule has 0 saturated heterocycles. The van der Waals surface area contributed by atoms with E-state index in [2.05, 4.69) is 19.8 Å². The molecule has 0 aliphatic heterocycles. The minimum atomic E-state index is -2.88. The second kappa shape index (κ2) is 6.74. The lowest BCUT2D eigenvalue weighted by molar-refractivity contribution is -0.0493. The van der Waals surface area contributed by atoms with Crippen molar-refractivity contribution in [3.63, 3.8) is 0 Å². The van der Waals surface area contributed by atoms with Crippen molar-refractivity contribution in [2.75, 3.05) is 12.4 Å². The molecule has 0 radical (unpaired) electrons. The Labute approximate surface area is 119 Å². The Morgan fingerprint density at radius 3 is 2.76 bits per heavy atom. The lowest BCUT2D eigenvalue weighted by Gasteiger charge is -2.11. The van der Waals surface area contributed by atoms with E-state index in [-0.39, 0.29) is 5.75 Å². The first-order valence-electron chi connectivity index (χ1n) is 6.14. The fourth-order valence-corrected chi connectivity index (χ4v) is 1.77. The third kappa shape index (κ3) is 3.95. The van der Waals surface area contributed by atoms with Crippen molar-refractivity contribution in [2.45, 2.75) is 13.2 Å². The molecular weight excluding hydrogens is 282 g/mol. The minimum absolute atomic E-state index is 0.0623. The van der Waals surface area contributed by atoms with Crippen LogP contribution < -0.4 is 10.1 Å². The van der Waals surface area contributed by atoms with Gasteiger partial charge < -0.3 is 19.8 Å². The number of anilines is 1. The zero-order valence-electron chi connectivity index (χ0n) is 11.2. The summed E-state index contributed by atoms with van der Waals surface area (Å²) in [6, 6.07) is 9.67. The Kier molecular flexibility index (Phi) is 4.76. The average Bonchev–Trinajstić information content (AvgIpc) is 2.94. The van der Waals surface area contributed by atoms with Gasteiger partial charge in [0, 0.05) is 5.69 Å². The molecule has 112 valence electrons. The molecule has 0 aliphatic carbocycles. The smallest absolute Gasteiger partial charge is 0.387 e. The number of hydrogen-bond acceptors (Lipinski definition) is 4. The number of hydrogen-bond donors (Lipinski definition) is 2. The lowest BCUT2D eigenvalue weighted by Crippen LogP contribution is -2.07. The molecule has 0 atom stereocenters. The van der Waals surface area contributed by atoms with Crippen LogP contribution in [-0.4, -0.2) is 24.7 Å². The Hall–Kier alpha value is -2.57. The van der Waals surface area contributed by atoms with Gasteiger partial charge in [-0.2, -0.15) is 8.78 Å². The molecule has 5 nitrogen and oxygen atoms in total. The summed E-state index contributed by atoms with van der Waals surface area (Å²) in [7, 11) is 1.29. The number of carbonyl (C=O) groups excluding carboxylic acids is 1. The van der Waals surface area contributed by atoms with Crippen molar-refractivity contribution in [2.24, 2.45) is 0 Å². The van der Waals surface area contributed by atoms with E-state index in [4.69, 9.17) is 0 Å². The number of H-pyrrole nitrogens is 1. The van der Waals surface area contributed by atoms with Crippen molar-refractivity contribution < 1.29 is 23.0 Å². The van der Waals surface area contributed by atoms with Gasteiger partial charge in [-0.05, 0) is 24.3 Å². The van der Waals surface area contributed by atoms with Gasteiger partial charge in [-0.25, -0.2) is 4.79 Å². The summed E-state index contributed by atoms with van der Waals surface area (Å²) in [4.78, 5) is 14.2. The predicted octanol–water partition coefficient (Wildman–Crippen LogP) is 3.01. The van der Waals surface area contributed by atoms with E-state index in [0.29, 0.717) is 23.6 Å². The normalized spacial score (nSPS) is 10.5. The van der Waals surface area contributed by atoms with Crippen molar-refractivity contribution in [3.05, 3.63) is 47.8 Å². The van der Waals surface area contributed by atoms with E-state index >= 15 is 0 Å². The van der Waals surface area contributed by atoms with E-state index in [0.717, 1.165) is 0 Å². The Morgan fingerprint density at radius 1 is 1.29 bits per heavy atom. The van der Waals surface area contributed by atoms with E-state index in [1.54, 1.807) is 30.3 Å².